The molecule has 2 aromatic rings. The van der Waals surface area contributed by atoms with Gasteiger partial charge in [0.15, 0.2) is 0 Å². The molecule has 0 unspecified atom stereocenters. The fourth-order valence-corrected chi connectivity index (χ4v) is 3.98. The number of nitrogens with one attached hydrogen (secondary N) is 1. The van der Waals surface area contributed by atoms with Gasteiger partial charge in [0.05, 0.1) is 18.0 Å². The van der Waals surface area contributed by atoms with Crippen LogP contribution in [0.5, 0.6) is 5.75 Å². The van der Waals surface area contributed by atoms with E-state index in [9.17, 15) is 13.2 Å². The highest BCUT2D eigenvalue weighted by atomic mass is 32.2. The molecule has 7 heteroatoms. The summed E-state index contributed by atoms with van der Waals surface area (Å²) in [6, 6.07) is 15.1. The molecule has 30 heavy (non-hydrogen) atoms. The second-order valence-electron chi connectivity index (χ2n) is 7.55. The molecule has 0 saturated heterocycles. The number of benzene rings is 2. The molecule has 1 atom stereocenters. The smallest absolute Gasteiger partial charge is 0.232 e. The highest BCUT2D eigenvalue weighted by Gasteiger charge is 2.18. The van der Waals surface area contributed by atoms with E-state index in [1.165, 1.54) is 10.6 Å². The molecule has 1 N–H and O–H groups in total. The molecule has 0 aliphatic rings. The standard InChI is InChI=1S/C23H32N2O4S/c1-5-20-10-12-21(13-11-20)25(30(4,27)28)16-6-7-23(26)24-19(3)17-29-22-14-8-18(2)9-15-22/h8-15,19H,5-7,16-17H2,1-4H3,(H,24,26)/t19-/m1/s1. The van der Waals surface area contributed by atoms with Crippen molar-refractivity contribution in [2.24, 2.45) is 0 Å². The van der Waals surface area contributed by atoms with E-state index in [0.29, 0.717) is 18.7 Å². The van der Waals surface area contributed by atoms with Crippen molar-refractivity contribution in [2.75, 3.05) is 23.7 Å². The van der Waals surface area contributed by atoms with Gasteiger partial charge in [0.25, 0.3) is 0 Å². The number of hydrogen-bond donors (Lipinski definition) is 1. The summed E-state index contributed by atoms with van der Waals surface area (Å²) >= 11 is 0. The molecule has 2 aromatic carbocycles. The van der Waals surface area contributed by atoms with Crippen LogP contribution in [-0.2, 0) is 21.2 Å². The van der Waals surface area contributed by atoms with Crippen LogP contribution in [0, 0.1) is 6.92 Å². The van der Waals surface area contributed by atoms with E-state index in [1.807, 2.05) is 62.4 Å². The summed E-state index contributed by atoms with van der Waals surface area (Å²) < 4.78 is 31.4. The minimum absolute atomic E-state index is 0.121. The molecular formula is C23H32N2O4S. The normalized spacial score (nSPS) is 12.3. The molecule has 0 heterocycles. The molecule has 164 valence electrons. The minimum Gasteiger partial charge on any atom is -0.491 e. The van der Waals surface area contributed by atoms with Crippen molar-refractivity contribution >= 4 is 21.6 Å². The highest BCUT2D eigenvalue weighted by Crippen LogP contribution is 2.19. The zero-order valence-corrected chi connectivity index (χ0v) is 19.0. The predicted molar refractivity (Wildman–Crippen MR) is 122 cm³/mol. The first-order chi connectivity index (χ1) is 14.2. The van der Waals surface area contributed by atoms with E-state index >= 15 is 0 Å². The number of carbonyl (C=O) groups is 1. The molecule has 0 spiro atoms. The number of anilines is 1. The van der Waals surface area contributed by atoms with Crippen molar-refractivity contribution < 1.29 is 17.9 Å². The molecule has 0 fully saturated rings. The van der Waals surface area contributed by atoms with Gasteiger partial charge >= 0.3 is 0 Å². The molecule has 1 amide bonds. The van der Waals surface area contributed by atoms with Gasteiger partial charge in [-0.3, -0.25) is 9.10 Å². The third-order valence-electron chi connectivity index (χ3n) is 4.73. The first kappa shape index (κ1) is 23.7. The summed E-state index contributed by atoms with van der Waals surface area (Å²) in [6.45, 7) is 6.57. The Balaban J connectivity index is 1.80. The average molecular weight is 433 g/mol. The zero-order chi connectivity index (χ0) is 22.1. The lowest BCUT2D eigenvalue weighted by molar-refractivity contribution is -0.121. The van der Waals surface area contributed by atoms with Crippen molar-refractivity contribution in [2.45, 2.75) is 46.1 Å². The Hall–Kier alpha value is -2.54. The van der Waals surface area contributed by atoms with Gasteiger partial charge < -0.3 is 10.1 Å². The van der Waals surface area contributed by atoms with Gasteiger partial charge in [-0.15, -0.1) is 0 Å². The van der Waals surface area contributed by atoms with E-state index < -0.39 is 10.0 Å². The van der Waals surface area contributed by atoms with Gasteiger partial charge in [0.1, 0.15) is 12.4 Å². The van der Waals surface area contributed by atoms with Gasteiger partial charge in [-0.05, 0) is 56.5 Å². The van der Waals surface area contributed by atoms with Gasteiger partial charge in [-0.1, -0.05) is 36.8 Å². The summed E-state index contributed by atoms with van der Waals surface area (Å²) in [5.74, 6) is 0.643. The molecule has 6 nitrogen and oxygen atoms in total. The number of sulfonamides is 1. The van der Waals surface area contributed by atoms with Crippen LogP contribution in [0.15, 0.2) is 48.5 Å². The van der Waals surface area contributed by atoms with Crippen molar-refractivity contribution in [1.29, 1.82) is 0 Å². The second-order valence-corrected chi connectivity index (χ2v) is 9.46. The molecule has 0 aromatic heterocycles. The molecule has 0 radical (unpaired) electrons. The van der Waals surface area contributed by atoms with Crippen LogP contribution in [0.1, 0.15) is 37.8 Å². The maximum atomic E-state index is 12.2. The van der Waals surface area contributed by atoms with Gasteiger partial charge in [-0.25, -0.2) is 8.42 Å². The summed E-state index contributed by atoms with van der Waals surface area (Å²) in [5, 5.41) is 2.90. The highest BCUT2D eigenvalue weighted by molar-refractivity contribution is 7.92. The number of nitrogens with zero attached hydrogens (tertiary/aromatic N) is 1. The van der Waals surface area contributed by atoms with Crippen LogP contribution in [0.3, 0.4) is 0 Å². The van der Waals surface area contributed by atoms with Crippen LogP contribution in [-0.4, -0.2) is 39.8 Å². The van der Waals surface area contributed by atoms with E-state index in [0.717, 1.165) is 23.3 Å². The zero-order valence-electron chi connectivity index (χ0n) is 18.2. The van der Waals surface area contributed by atoms with Crippen molar-refractivity contribution in [3.8, 4) is 5.75 Å². The lowest BCUT2D eigenvalue weighted by atomic mass is 10.1. The minimum atomic E-state index is -3.42. The topological polar surface area (TPSA) is 75.7 Å². The van der Waals surface area contributed by atoms with Gasteiger partial charge in [-0.2, -0.15) is 0 Å². The molecular weight excluding hydrogens is 400 g/mol. The lowest BCUT2D eigenvalue weighted by Crippen LogP contribution is -2.37. The van der Waals surface area contributed by atoms with Crippen LogP contribution < -0.4 is 14.4 Å². The SMILES string of the molecule is CCc1ccc(N(CCCC(=O)N[C@H](C)COc2ccc(C)cc2)S(C)(=O)=O)cc1. The van der Waals surface area contributed by atoms with Crippen LogP contribution >= 0.6 is 0 Å². The first-order valence-electron chi connectivity index (χ1n) is 10.2. The number of aryl methyl sites for hydroxylation is 2. The Bertz CT molecular complexity index is 909. The quantitative estimate of drug-likeness (QED) is 0.588. The van der Waals surface area contributed by atoms with E-state index in [4.69, 9.17) is 4.74 Å². The van der Waals surface area contributed by atoms with Gasteiger partial charge in [0, 0.05) is 13.0 Å². The molecule has 0 aliphatic heterocycles. The van der Waals surface area contributed by atoms with Crippen molar-refractivity contribution in [1.82, 2.24) is 5.32 Å². The number of hydrogen-bond acceptors (Lipinski definition) is 4. The summed E-state index contributed by atoms with van der Waals surface area (Å²) in [6.07, 6.45) is 2.75. The second kappa shape index (κ2) is 11.0. The van der Waals surface area contributed by atoms with E-state index in [-0.39, 0.29) is 24.9 Å². The Morgan fingerprint density at radius 3 is 2.30 bits per heavy atom. The number of rotatable bonds is 11. The first-order valence-corrected chi connectivity index (χ1v) is 12.1. The van der Waals surface area contributed by atoms with E-state index in [2.05, 4.69) is 12.2 Å². The summed E-state index contributed by atoms with van der Waals surface area (Å²) in [4.78, 5) is 12.2. The van der Waals surface area contributed by atoms with Crippen molar-refractivity contribution in [3.63, 3.8) is 0 Å². The number of ether oxygens (including phenoxy) is 1. The maximum Gasteiger partial charge on any atom is 0.232 e. The van der Waals surface area contributed by atoms with Crippen LogP contribution in [0.4, 0.5) is 5.69 Å². The third kappa shape index (κ3) is 7.71. The number of amides is 1. The van der Waals surface area contributed by atoms with Gasteiger partial charge in [0.2, 0.25) is 15.9 Å². The fourth-order valence-electron chi connectivity index (χ4n) is 3.01. The van der Waals surface area contributed by atoms with Crippen LogP contribution in [0.25, 0.3) is 0 Å². The Morgan fingerprint density at radius 1 is 1.10 bits per heavy atom. The third-order valence-corrected chi connectivity index (χ3v) is 5.92. The Kier molecular flexibility index (Phi) is 8.72. The molecule has 0 aliphatic carbocycles. The average Bonchev–Trinajstić information content (AvgIpc) is 2.70. The predicted octanol–water partition coefficient (Wildman–Crippen LogP) is 3.69. The van der Waals surface area contributed by atoms with E-state index in [1.54, 1.807) is 0 Å². The largest absolute Gasteiger partial charge is 0.491 e. The van der Waals surface area contributed by atoms with Crippen LogP contribution in [0.2, 0.25) is 0 Å². The maximum absolute atomic E-state index is 12.2. The molecule has 0 bridgehead atoms. The summed E-state index contributed by atoms with van der Waals surface area (Å²) in [5.41, 5.74) is 2.93. The monoisotopic (exact) mass is 432 g/mol. The Labute approximate surface area is 180 Å². The summed E-state index contributed by atoms with van der Waals surface area (Å²) in [7, 11) is -3.42. The Morgan fingerprint density at radius 2 is 1.73 bits per heavy atom. The fraction of sp³-hybridized carbons (Fsp3) is 0.435. The van der Waals surface area contributed by atoms with Crippen molar-refractivity contribution in [3.05, 3.63) is 59.7 Å². The molecule has 0 saturated carbocycles. The lowest BCUT2D eigenvalue weighted by Gasteiger charge is -2.23. The number of carbonyl (C=O) groups excluding carboxylic acids is 1. The molecule has 2 rings (SSSR count).